The topological polar surface area (TPSA) is 81.8 Å². The fraction of sp³-hybridized carbons (Fsp3) is 0.318. The first-order valence-electron chi connectivity index (χ1n) is 9.80. The van der Waals surface area contributed by atoms with Gasteiger partial charge in [-0.3, -0.25) is 24.2 Å². The Hall–Kier alpha value is -2.74. The van der Waals surface area contributed by atoms with Crippen molar-refractivity contribution >= 4 is 40.6 Å². The fourth-order valence-electron chi connectivity index (χ4n) is 3.25. The average molecular weight is 429 g/mol. The predicted molar refractivity (Wildman–Crippen MR) is 118 cm³/mol. The van der Waals surface area contributed by atoms with Crippen LogP contribution in [0.3, 0.4) is 0 Å². The number of hydrogen-bond donors (Lipinski definition) is 2. The van der Waals surface area contributed by atoms with E-state index in [1.807, 2.05) is 12.1 Å². The van der Waals surface area contributed by atoms with Gasteiger partial charge >= 0.3 is 0 Å². The van der Waals surface area contributed by atoms with Gasteiger partial charge in [-0.2, -0.15) is 0 Å². The molecule has 3 rings (SSSR count). The van der Waals surface area contributed by atoms with Gasteiger partial charge in [0.05, 0.1) is 23.8 Å². The third-order valence-corrected chi connectivity index (χ3v) is 5.25. The van der Waals surface area contributed by atoms with Crippen LogP contribution in [-0.2, 0) is 9.59 Å². The summed E-state index contributed by atoms with van der Waals surface area (Å²) < 4.78 is 0. The van der Waals surface area contributed by atoms with Gasteiger partial charge in [-0.15, -0.1) is 0 Å². The highest BCUT2D eigenvalue weighted by molar-refractivity contribution is 6.33. The molecule has 7 nitrogen and oxygen atoms in total. The number of carbonyl (C=O) groups excluding carboxylic acids is 3. The summed E-state index contributed by atoms with van der Waals surface area (Å²) in [7, 11) is 0. The number of rotatable bonds is 7. The lowest BCUT2D eigenvalue weighted by Gasteiger charge is -2.33. The minimum atomic E-state index is -0.108. The minimum Gasteiger partial charge on any atom is -0.325 e. The van der Waals surface area contributed by atoms with Gasteiger partial charge in [0, 0.05) is 37.4 Å². The number of nitrogens with one attached hydrogen (secondary N) is 2. The van der Waals surface area contributed by atoms with Crippen molar-refractivity contribution in [3.05, 3.63) is 59.1 Å². The summed E-state index contributed by atoms with van der Waals surface area (Å²) in [6, 6.07) is 14.0. The van der Waals surface area contributed by atoms with Gasteiger partial charge in [-0.05, 0) is 43.3 Å². The molecule has 1 aliphatic rings. The molecule has 1 heterocycles. The Morgan fingerprint density at radius 1 is 0.833 bits per heavy atom. The molecule has 1 saturated heterocycles. The van der Waals surface area contributed by atoms with Gasteiger partial charge in [-0.25, -0.2) is 0 Å². The number of amides is 2. The first-order chi connectivity index (χ1) is 14.4. The number of nitrogens with zero attached hydrogens (tertiary/aromatic N) is 2. The van der Waals surface area contributed by atoms with Crippen LogP contribution >= 0.6 is 11.6 Å². The van der Waals surface area contributed by atoms with E-state index < -0.39 is 0 Å². The van der Waals surface area contributed by atoms with Crippen molar-refractivity contribution in [2.45, 2.75) is 6.92 Å². The first kappa shape index (κ1) is 22.0. The fourth-order valence-corrected chi connectivity index (χ4v) is 3.44. The quantitative estimate of drug-likeness (QED) is 0.663. The normalized spacial score (nSPS) is 14.9. The number of halogens is 1. The molecule has 8 heteroatoms. The van der Waals surface area contributed by atoms with E-state index in [2.05, 4.69) is 20.4 Å². The average Bonchev–Trinajstić information content (AvgIpc) is 2.71. The Kier molecular flexibility index (Phi) is 7.57. The van der Waals surface area contributed by atoms with Gasteiger partial charge in [0.15, 0.2) is 5.78 Å². The molecule has 0 radical (unpaired) electrons. The van der Waals surface area contributed by atoms with Crippen molar-refractivity contribution < 1.29 is 14.4 Å². The zero-order valence-corrected chi connectivity index (χ0v) is 17.6. The van der Waals surface area contributed by atoms with Crippen LogP contribution in [0, 0.1) is 0 Å². The summed E-state index contributed by atoms with van der Waals surface area (Å²) in [5, 5.41) is 6.19. The molecule has 2 amide bonds. The van der Waals surface area contributed by atoms with Crippen LogP contribution in [-0.4, -0.2) is 66.7 Å². The Bertz CT molecular complexity index is 909. The van der Waals surface area contributed by atoms with Crippen molar-refractivity contribution in [3.8, 4) is 0 Å². The molecule has 2 aromatic carbocycles. The Labute approximate surface area is 181 Å². The van der Waals surface area contributed by atoms with E-state index in [1.165, 1.54) is 6.92 Å². The number of para-hydroxylation sites is 1. The Morgan fingerprint density at radius 2 is 1.37 bits per heavy atom. The standard InChI is InChI=1S/C22H25ClN4O3/c1-16(28)17-6-8-18(9-7-17)24-21(29)14-26-10-12-27(13-11-26)15-22(30)25-20-5-3-2-4-19(20)23/h2-9H,10-15H2,1H3,(H,24,29)(H,25,30). The van der Waals surface area contributed by atoms with Gasteiger partial charge in [-0.1, -0.05) is 23.7 Å². The molecule has 30 heavy (non-hydrogen) atoms. The third-order valence-electron chi connectivity index (χ3n) is 4.92. The van der Waals surface area contributed by atoms with Crippen molar-refractivity contribution in [3.63, 3.8) is 0 Å². The van der Waals surface area contributed by atoms with E-state index in [4.69, 9.17) is 11.6 Å². The molecule has 1 aliphatic heterocycles. The largest absolute Gasteiger partial charge is 0.325 e. The molecule has 1 fully saturated rings. The zero-order chi connectivity index (χ0) is 21.5. The van der Waals surface area contributed by atoms with Crippen molar-refractivity contribution in [2.75, 3.05) is 49.9 Å². The molecule has 0 saturated carbocycles. The molecular weight excluding hydrogens is 404 g/mol. The summed E-state index contributed by atoms with van der Waals surface area (Å²) in [5.74, 6) is -0.218. The highest BCUT2D eigenvalue weighted by Gasteiger charge is 2.21. The molecule has 158 valence electrons. The van der Waals surface area contributed by atoms with Crippen molar-refractivity contribution in [1.82, 2.24) is 9.80 Å². The van der Waals surface area contributed by atoms with Gasteiger partial charge in [0.25, 0.3) is 0 Å². The number of anilines is 2. The van der Waals surface area contributed by atoms with E-state index >= 15 is 0 Å². The highest BCUT2D eigenvalue weighted by Crippen LogP contribution is 2.20. The van der Waals surface area contributed by atoms with E-state index in [0.29, 0.717) is 48.1 Å². The lowest BCUT2D eigenvalue weighted by Crippen LogP contribution is -2.50. The molecule has 0 aromatic heterocycles. The number of hydrogen-bond acceptors (Lipinski definition) is 5. The zero-order valence-electron chi connectivity index (χ0n) is 16.9. The number of Topliss-reactive ketones (excluding diaryl/α,β-unsaturated/α-hetero) is 1. The highest BCUT2D eigenvalue weighted by atomic mass is 35.5. The molecule has 2 aromatic rings. The molecular formula is C22H25ClN4O3. The summed E-state index contributed by atoms with van der Waals surface area (Å²) >= 11 is 6.07. The lowest BCUT2D eigenvalue weighted by atomic mass is 10.1. The monoisotopic (exact) mass is 428 g/mol. The number of carbonyl (C=O) groups is 3. The van der Waals surface area contributed by atoms with Crippen LogP contribution < -0.4 is 10.6 Å². The predicted octanol–water partition coefficient (Wildman–Crippen LogP) is 2.74. The van der Waals surface area contributed by atoms with E-state index in [1.54, 1.807) is 36.4 Å². The molecule has 0 unspecified atom stereocenters. The second-order valence-corrected chi connectivity index (χ2v) is 7.67. The first-order valence-corrected chi connectivity index (χ1v) is 10.2. The van der Waals surface area contributed by atoms with Crippen LogP contribution in [0.4, 0.5) is 11.4 Å². The second-order valence-electron chi connectivity index (χ2n) is 7.26. The smallest absolute Gasteiger partial charge is 0.238 e. The summed E-state index contributed by atoms with van der Waals surface area (Å²) in [6.07, 6.45) is 0. The maximum Gasteiger partial charge on any atom is 0.238 e. The number of benzene rings is 2. The van der Waals surface area contributed by atoms with Crippen LogP contribution in [0.2, 0.25) is 5.02 Å². The maximum atomic E-state index is 12.3. The lowest BCUT2D eigenvalue weighted by molar-refractivity contribution is -0.120. The SMILES string of the molecule is CC(=O)c1ccc(NC(=O)CN2CCN(CC(=O)Nc3ccccc3Cl)CC2)cc1. The van der Waals surface area contributed by atoms with E-state index in [9.17, 15) is 14.4 Å². The molecule has 2 N–H and O–H groups in total. The molecule has 0 spiro atoms. The Balaban J connectivity index is 1.39. The maximum absolute atomic E-state index is 12.3. The van der Waals surface area contributed by atoms with Gasteiger partial charge in [0.2, 0.25) is 11.8 Å². The molecule has 0 bridgehead atoms. The summed E-state index contributed by atoms with van der Waals surface area (Å²) in [6.45, 7) is 4.90. The Morgan fingerprint density at radius 3 is 1.90 bits per heavy atom. The molecule has 0 atom stereocenters. The van der Waals surface area contributed by atoms with Crippen molar-refractivity contribution in [2.24, 2.45) is 0 Å². The minimum absolute atomic E-state index is 0.00806. The van der Waals surface area contributed by atoms with E-state index in [0.717, 1.165) is 0 Å². The number of ketones is 1. The third kappa shape index (κ3) is 6.38. The van der Waals surface area contributed by atoms with Crippen LogP contribution in [0.25, 0.3) is 0 Å². The second kappa shape index (κ2) is 10.3. The van der Waals surface area contributed by atoms with Crippen LogP contribution in [0.1, 0.15) is 17.3 Å². The van der Waals surface area contributed by atoms with Crippen LogP contribution in [0.5, 0.6) is 0 Å². The summed E-state index contributed by atoms with van der Waals surface area (Å²) in [5.41, 5.74) is 1.89. The molecule has 0 aliphatic carbocycles. The van der Waals surface area contributed by atoms with Gasteiger partial charge in [0.1, 0.15) is 0 Å². The number of piperazine rings is 1. The summed E-state index contributed by atoms with van der Waals surface area (Å²) in [4.78, 5) is 40.0. The van der Waals surface area contributed by atoms with E-state index in [-0.39, 0.29) is 30.7 Å². The van der Waals surface area contributed by atoms with Crippen molar-refractivity contribution in [1.29, 1.82) is 0 Å². The van der Waals surface area contributed by atoms with Crippen LogP contribution in [0.15, 0.2) is 48.5 Å². The van der Waals surface area contributed by atoms with Gasteiger partial charge < -0.3 is 10.6 Å².